The van der Waals surface area contributed by atoms with Gasteiger partial charge in [0.05, 0.1) is 11.9 Å². The van der Waals surface area contributed by atoms with Gasteiger partial charge in [0.2, 0.25) is 0 Å². The van der Waals surface area contributed by atoms with Crippen LogP contribution in [0.2, 0.25) is 0 Å². The number of rotatable bonds is 3. The molecule has 5 nitrogen and oxygen atoms in total. The van der Waals surface area contributed by atoms with Crippen LogP contribution >= 0.6 is 15.9 Å². The van der Waals surface area contributed by atoms with Crippen LogP contribution in [0.25, 0.3) is 0 Å². The van der Waals surface area contributed by atoms with Crippen molar-refractivity contribution in [2.75, 3.05) is 0 Å². The molecule has 1 aliphatic carbocycles. The Morgan fingerprint density at radius 2 is 2.18 bits per heavy atom. The lowest BCUT2D eigenvalue weighted by atomic mass is 9.87. The topological polar surface area (TPSA) is 70.4 Å². The fourth-order valence-electron chi connectivity index (χ4n) is 2.14. The second-order valence-electron chi connectivity index (χ2n) is 4.13. The van der Waals surface area contributed by atoms with Crippen LogP contribution in [0.15, 0.2) is 15.8 Å². The molecule has 1 aromatic heterocycles. The molecule has 92 valence electrons. The van der Waals surface area contributed by atoms with Gasteiger partial charge < -0.3 is 0 Å². The van der Waals surface area contributed by atoms with Crippen LogP contribution in [0.4, 0.5) is 5.82 Å². The molecule has 2 N–H and O–H groups in total. The van der Waals surface area contributed by atoms with Gasteiger partial charge >= 0.3 is 0 Å². The molecule has 0 aliphatic heterocycles. The summed E-state index contributed by atoms with van der Waals surface area (Å²) < 4.78 is 0.618. The van der Waals surface area contributed by atoms with Gasteiger partial charge in [-0.2, -0.15) is 0 Å². The van der Waals surface area contributed by atoms with Gasteiger partial charge in [0.1, 0.15) is 6.34 Å². The number of hydrogen-bond donors (Lipinski definition) is 2. The van der Waals surface area contributed by atoms with Crippen LogP contribution < -0.4 is 5.48 Å². The fraction of sp³-hybridized carbons (Fsp3) is 0.545. The number of aliphatic imine (C=N–C) groups is 1. The van der Waals surface area contributed by atoms with Gasteiger partial charge in [-0.3, -0.25) is 10.7 Å². The van der Waals surface area contributed by atoms with E-state index < -0.39 is 0 Å². The van der Waals surface area contributed by atoms with Crippen molar-refractivity contribution in [1.29, 1.82) is 0 Å². The van der Waals surface area contributed by atoms with E-state index in [1.54, 1.807) is 6.20 Å². The van der Waals surface area contributed by atoms with E-state index in [4.69, 9.17) is 5.21 Å². The van der Waals surface area contributed by atoms with E-state index in [0.29, 0.717) is 16.3 Å². The highest BCUT2D eigenvalue weighted by Crippen LogP contribution is 2.32. The Labute approximate surface area is 108 Å². The largest absolute Gasteiger partial charge is 0.290 e. The first-order valence-electron chi connectivity index (χ1n) is 5.76. The third-order valence-electron chi connectivity index (χ3n) is 3.00. The summed E-state index contributed by atoms with van der Waals surface area (Å²) in [5.41, 5.74) is 2.88. The van der Waals surface area contributed by atoms with Crippen LogP contribution in [-0.4, -0.2) is 21.5 Å². The minimum Gasteiger partial charge on any atom is -0.290 e. The van der Waals surface area contributed by atoms with Gasteiger partial charge in [0.25, 0.3) is 0 Å². The minimum atomic E-state index is 0.464. The Bertz CT molecular complexity index is 404. The number of halogens is 1. The molecule has 17 heavy (non-hydrogen) atoms. The van der Waals surface area contributed by atoms with Crippen molar-refractivity contribution in [3.8, 4) is 0 Å². The van der Waals surface area contributed by atoms with E-state index in [-0.39, 0.29) is 0 Å². The predicted octanol–water partition coefficient (Wildman–Crippen LogP) is 2.93. The zero-order chi connectivity index (χ0) is 12.1. The van der Waals surface area contributed by atoms with Crippen LogP contribution in [-0.2, 0) is 0 Å². The summed E-state index contributed by atoms with van der Waals surface area (Å²) in [5.74, 6) is 0.993. The maximum absolute atomic E-state index is 8.41. The molecule has 0 amide bonds. The number of nitrogens with zero attached hydrogens (tertiary/aromatic N) is 3. The Balaban J connectivity index is 2.14. The van der Waals surface area contributed by atoms with Crippen molar-refractivity contribution < 1.29 is 5.21 Å². The van der Waals surface area contributed by atoms with Gasteiger partial charge in [-0.25, -0.2) is 15.0 Å². The highest BCUT2D eigenvalue weighted by molar-refractivity contribution is 9.10. The third-order valence-corrected chi connectivity index (χ3v) is 3.53. The highest BCUT2D eigenvalue weighted by Gasteiger charge is 2.18. The molecular formula is C11H15BrN4O. The first-order valence-corrected chi connectivity index (χ1v) is 6.55. The maximum Gasteiger partial charge on any atom is 0.186 e. The molecule has 0 bridgehead atoms. The minimum absolute atomic E-state index is 0.464. The standard InChI is InChI=1S/C11H15BrN4O/c12-10-11(14-7-15-17)13-6-9(16-10)8-4-2-1-3-5-8/h6-8,17H,1-5H2,(H,13,14,15). The van der Waals surface area contributed by atoms with Gasteiger partial charge in [0, 0.05) is 5.92 Å². The molecule has 0 atom stereocenters. The Kier molecular flexibility index (Phi) is 4.44. The van der Waals surface area contributed by atoms with Crippen molar-refractivity contribution >= 4 is 28.1 Å². The van der Waals surface area contributed by atoms with E-state index in [1.807, 2.05) is 5.48 Å². The molecule has 1 heterocycles. The summed E-state index contributed by atoms with van der Waals surface area (Å²) in [4.78, 5) is 12.6. The van der Waals surface area contributed by atoms with Gasteiger partial charge in [-0.05, 0) is 28.8 Å². The lowest BCUT2D eigenvalue weighted by Crippen LogP contribution is -2.07. The second-order valence-corrected chi connectivity index (χ2v) is 4.88. The molecular weight excluding hydrogens is 284 g/mol. The molecule has 1 aromatic rings. The molecule has 1 saturated carbocycles. The maximum atomic E-state index is 8.41. The van der Waals surface area contributed by atoms with E-state index in [2.05, 4.69) is 30.9 Å². The first-order chi connectivity index (χ1) is 8.31. The smallest absolute Gasteiger partial charge is 0.186 e. The summed E-state index contributed by atoms with van der Waals surface area (Å²) in [6, 6.07) is 0. The van der Waals surface area contributed by atoms with Crippen molar-refractivity contribution in [3.05, 3.63) is 16.5 Å². The average Bonchev–Trinajstić information content (AvgIpc) is 2.38. The zero-order valence-corrected chi connectivity index (χ0v) is 11.0. The van der Waals surface area contributed by atoms with Crippen molar-refractivity contribution in [2.24, 2.45) is 4.99 Å². The van der Waals surface area contributed by atoms with Gasteiger partial charge in [0.15, 0.2) is 10.4 Å². The molecule has 6 heteroatoms. The predicted molar refractivity (Wildman–Crippen MR) is 68.6 cm³/mol. The fourth-order valence-corrected chi connectivity index (χ4v) is 2.55. The normalized spacial score (nSPS) is 17.5. The van der Waals surface area contributed by atoms with E-state index >= 15 is 0 Å². The Morgan fingerprint density at radius 3 is 2.82 bits per heavy atom. The number of nitrogens with one attached hydrogen (secondary N) is 1. The van der Waals surface area contributed by atoms with Crippen LogP contribution in [0.3, 0.4) is 0 Å². The van der Waals surface area contributed by atoms with E-state index in [1.165, 1.54) is 32.1 Å². The summed E-state index contributed by atoms with van der Waals surface area (Å²) in [5, 5.41) is 8.41. The lowest BCUT2D eigenvalue weighted by Gasteiger charge is -2.20. The number of hydrogen-bond acceptors (Lipinski definition) is 4. The van der Waals surface area contributed by atoms with E-state index in [9.17, 15) is 0 Å². The van der Waals surface area contributed by atoms with Crippen molar-refractivity contribution in [1.82, 2.24) is 15.4 Å². The van der Waals surface area contributed by atoms with Crippen LogP contribution in [0, 0.1) is 0 Å². The SMILES string of the molecule is ONC=Nc1ncc(C2CCCCC2)nc1Br. The highest BCUT2D eigenvalue weighted by atomic mass is 79.9. The monoisotopic (exact) mass is 298 g/mol. The van der Waals surface area contributed by atoms with Crippen molar-refractivity contribution in [2.45, 2.75) is 38.0 Å². The summed E-state index contributed by atoms with van der Waals surface area (Å²) in [7, 11) is 0. The first kappa shape index (κ1) is 12.4. The summed E-state index contributed by atoms with van der Waals surface area (Å²) >= 11 is 3.35. The Hall–Kier alpha value is -1.01. The number of aromatic nitrogens is 2. The molecule has 0 unspecified atom stereocenters. The second kappa shape index (κ2) is 6.07. The van der Waals surface area contributed by atoms with Crippen LogP contribution in [0.5, 0.6) is 0 Å². The Morgan fingerprint density at radius 1 is 1.41 bits per heavy atom. The van der Waals surface area contributed by atoms with Gasteiger partial charge in [-0.15, -0.1) is 0 Å². The molecule has 0 saturated heterocycles. The van der Waals surface area contributed by atoms with Gasteiger partial charge in [-0.1, -0.05) is 19.3 Å². The summed E-state index contributed by atoms with van der Waals surface area (Å²) in [6.45, 7) is 0. The molecule has 0 radical (unpaired) electrons. The zero-order valence-electron chi connectivity index (χ0n) is 9.43. The third kappa shape index (κ3) is 3.23. The lowest BCUT2D eigenvalue weighted by molar-refractivity contribution is 0.240. The molecule has 0 spiro atoms. The molecule has 0 aromatic carbocycles. The van der Waals surface area contributed by atoms with E-state index in [0.717, 1.165) is 12.0 Å². The quantitative estimate of drug-likeness (QED) is 0.511. The number of hydroxylamine groups is 1. The summed E-state index contributed by atoms with van der Waals surface area (Å²) in [6.07, 6.45) is 9.22. The average molecular weight is 299 g/mol. The molecule has 1 aliphatic rings. The molecule has 1 fully saturated rings. The van der Waals surface area contributed by atoms with Crippen molar-refractivity contribution in [3.63, 3.8) is 0 Å². The molecule has 2 rings (SSSR count). The van der Waals surface area contributed by atoms with Crippen LogP contribution in [0.1, 0.15) is 43.7 Å².